The highest BCUT2D eigenvalue weighted by Gasteiger charge is 2.31. The topological polar surface area (TPSA) is 105 Å². The van der Waals surface area contributed by atoms with Gasteiger partial charge in [-0.05, 0) is 73.6 Å². The third kappa shape index (κ3) is 9.20. The maximum atomic E-state index is 13.8. The Kier molecular flexibility index (Phi) is 11.2. The standard InChI is InChI=1S/C32H38FN3O5S/c1-2-41-22-6-21-34-32(38)31(26-7-4-3-5-8-26)36(23-25-9-14-27(33)15-10-25)30(37)20-13-24-11-18-29(19-12-24)42(39,40)35-28-16-17-28/h3-5,7-12,14-15,18-19,28,31,35H,2,6,13,16-17,20-23H2,1H3,(H,34,38)/t31-/m0/s1. The van der Waals surface area contributed by atoms with Crippen LogP contribution >= 0.6 is 0 Å². The van der Waals surface area contributed by atoms with E-state index < -0.39 is 16.1 Å². The SMILES string of the molecule is CCOCCCNC(=O)[C@H](c1ccccc1)N(Cc1ccc(F)cc1)C(=O)CCc1ccc(S(=O)(=O)NC2CC2)cc1. The predicted molar refractivity (Wildman–Crippen MR) is 158 cm³/mol. The number of hydrogen-bond acceptors (Lipinski definition) is 5. The molecule has 10 heteroatoms. The normalized spacial score (nSPS) is 13.9. The van der Waals surface area contributed by atoms with Crippen LogP contribution in [0.25, 0.3) is 0 Å². The van der Waals surface area contributed by atoms with E-state index in [9.17, 15) is 22.4 Å². The number of hydrogen-bond donors (Lipinski definition) is 2. The monoisotopic (exact) mass is 595 g/mol. The van der Waals surface area contributed by atoms with Crippen molar-refractivity contribution in [3.05, 3.63) is 101 Å². The van der Waals surface area contributed by atoms with Gasteiger partial charge >= 0.3 is 0 Å². The number of nitrogens with one attached hydrogen (secondary N) is 2. The smallest absolute Gasteiger partial charge is 0.247 e. The lowest BCUT2D eigenvalue weighted by molar-refractivity contribution is -0.141. The number of ether oxygens (including phenoxy) is 1. The van der Waals surface area contributed by atoms with E-state index >= 15 is 0 Å². The number of sulfonamides is 1. The fourth-order valence-electron chi connectivity index (χ4n) is 4.56. The molecule has 0 bridgehead atoms. The number of halogens is 1. The first-order valence-corrected chi connectivity index (χ1v) is 15.8. The van der Waals surface area contributed by atoms with Crippen LogP contribution in [0.5, 0.6) is 0 Å². The molecule has 2 amide bonds. The van der Waals surface area contributed by atoms with Gasteiger partial charge in [-0.1, -0.05) is 54.6 Å². The summed E-state index contributed by atoms with van der Waals surface area (Å²) in [6, 6.07) is 20.6. The van der Waals surface area contributed by atoms with Gasteiger partial charge in [-0.25, -0.2) is 17.5 Å². The van der Waals surface area contributed by atoms with Gasteiger partial charge in [0.2, 0.25) is 21.8 Å². The summed E-state index contributed by atoms with van der Waals surface area (Å²) >= 11 is 0. The fraction of sp³-hybridized carbons (Fsp3) is 0.375. The van der Waals surface area contributed by atoms with Gasteiger partial charge in [-0.2, -0.15) is 0 Å². The molecule has 2 N–H and O–H groups in total. The van der Waals surface area contributed by atoms with Crippen LogP contribution < -0.4 is 10.0 Å². The Morgan fingerprint density at radius 1 is 0.976 bits per heavy atom. The highest BCUT2D eigenvalue weighted by Crippen LogP contribution is 2.26. The average molecular weight is 596 g/mol. The zero-order valence-corrected chi connectivity index (χ0v) is 24.6. The van der Waals surface area contributed by atoms with Crippen molar-refractivity contribution in [1.82, 2.24) is 14.9 Å². The molecule has 1 fully saturated rings. The van der Waals surface area contributed by atoms with Crippen molar-refractivity contribution >= 4 is 21.8 Å². The second-order valence-corrected chi connectivity index (χ2v) is 12.1. The molecular formula is C32H38FN3O5S. The third-order valence-corrected chi connectivity index (χ3v) is 8.53. The molecule has 1 atom stereocenters. The molecule has 0 unspecified atom stereocenters. The molecule has 0 radical (unpaired) electrons. The highest BCUT2D eigenvalue weighted by molar-refractivity contribution is 7.89. The van der Waals surface area contributed by atoms with Crippen LogP contribution in [0.15, 0.2) is 83.8 Å². The number of benzene rings is 3. The molecule has 0 heterocycles. The number of carbonyl (C=O) groups is 2. The van der Waals surface area contributed by atoms with Crippen molar-refractivity contribution < 1.29 is 27.1 Å². The van der Waals surface area contributed by atoms with Crippen LogP contribution in [0.2, 0.25) is 0 Å². The summed E-state index contributed by atoms with van der Waals surface area (Å²) in [4.78, 5) is 29.1. The average Bonchev–Trinajstić information content (AvgIpc) is 3.80. The molecule has 0 aliphatic heterocycles. The minimum atomic E-state index is -3.56. The minimum absolute atomic E-state index is 0.0128. The van der Waals surface area contributed by atoms with E-state index in [1.165, 1.54) is 17.0 Å². The summed E-state index contributed by atoms with van der Waals surface area (Å²) in [5.41, 5.74) is 2.15. The third-order valence-electron chi connectivity index (χ3n) is 6.99. The van der Waals surface area contributed by atoms with Crippen molar-refractivity contribution in [2.24, 2.45) is 0 Å². The largest absolute Gasteiger partial charge is 0.382 e. The molecular weight excluding hydrogens is 557 g/mol. The summed E-state index contributed by atoms with van der Waals surface area (Å²) in [7, 11) is -3.56. The van der Waals surface area contributed by atoms with E-state index in [1.54, 1.807) is 36.4 Å². The Hall–Kier alpha value is -3.60. The molecule has 8 nitrogen and oxygen atoms in total. The van der Waals surface area contributed by atoms with Crippen LogP contribution in [-0.2, 0) is 37.3 Å². The Morgan fingerprint density at radius 3 is 2.29 bits per heavy atom. The number of carbonyl (C=O) groups excluding carboxylic acids is 2. The Labute approximate surface area is 247 Å². The van der Waals surface area contributed by atoms with E-state index in [2.05, 4.69) is 10.0 Å². The summed E-state index contributed by atoms with van der Waals surface area (Å²) in [6.45, 7) is 3.52. The molecule has 3 aromatic rings. The Bertz CT molecular complexity index is 1410. The van der Waals surface area contributed by atoms with Crippen LogP contribution in [0, 0.1) is 5.82 Å². The number of rotatable bonds is 16. The minimum Gasteiger partial charge on any atom is -0.382 e. The van der Waals surface area contributed by atoms with Crippen LogP contribution in [0.4, 0.5) is 4.39 Å². The lowest BCUT2D eigenvalue weighted by atomic mass is 10.0. The summed E-state index contributed by atoms with van der Waals surface area (Å²) in [6.07, 6.45) is 2.78. The van der Waals surface area contributed by atoms with E-state index in [-0.39, 0.29) is 41.5 Å². The highest BCUT2D eigenvalue weighted by atomic mass is 32.2. The zero-order valence-electron chi connectivity index (χ0n) is 23.8. The molecule has 3 aromatic carbocycles. The summed E-state index contributed by atoms with van der Waals surface area (Å²) in [5, 5.41) is 2.95. The number of nitrogens with zero attached hydrogens (tertiary/aromatic N) is 1. The van der Waals surface area contributed by atoms with Crippen LogP contribution in [0.1, 0.15) is 55.3 Å². The van der Waals surface area contributed by atoms with Crippen LogP contribution in [-0.4, -0.2) is 50.9 Å². The molecule has 1 saturated carbocycles. The Morgan fingerprint density at radius 2 is 1.64 bits per heavy atom. The van der Waals surface area contributed by atoms with Crippen molar-refractivity contribution in [1.29, 1.82) is 0 Å². The van der Waals surface area contributed by atoms with E-state index in [1.807, 2.05) is 37.3 Å². The molecule has 0 aromatic heterocycles. The quantitative estimate of drug-likeness (QED) is 0.237. The van der Waals surface area contributed by atoms with Gasteiger partial charge in [0.1, 0.15) is 11.9 Å². The van der Waals surface area contributed by atoms with Crippen molar-refractivity contribution in [3.8, 4) is 0 Å². The molecule has 42 heavy (non-hydrogen) atoms. The first kappa shape index (κ1) is 31.3. The van der Waals surface area contributed by atoms with Gasteiger partial charge < -0.3 is 15.0 Å². The predicted octanol–water partition coefficient (Wildman–Crippen LogP) is 4.51. The van der Waals surface area contributed by atoms with Gasteiger partial charge in [0.15, 0.2) is 0 Å². The molecule has 1 aliphatic rings. The van der Waals surface area contributed by atoms with Gasteiger partial charge in [0, 0.05) is 38.8 Å². The lowest BCUT2D eigenvalue weighted by Crippen LogP contribution is -2.43. The fourth-order valence-corrected chi connectivity index (χ4v) is 5.87. The first-order chi connectivity index (χ1) is 20.3. The number of amides is 2. The summed E-state index contributed by atoms with van der Waals surface area (Å²) in [5.74, 6) is -0.961. The molecule has 224 valence electrons. The maximum Gasteiger partial charge on any atom is 0.247 e. The number of aryl methyl sites for hydroxylation is 1. The van der Waals surface area contributed by atoms with Gasteiger partial charge in [-0.15, -0.1) is 0 Å². The van der Waals surface area contributed by atoms with Gasteiger partial charge in [0.25, 0.3) is 0 Å². The first-order valence-electron chi connectivity index (χ1n) is 14.3. The Balaban J connectivity index is 1.52. The van der Waals surface area contributed by atoms with Crippen molar-refractivity contribution in [3.63, 3.8) is 0 Å². The van der Waals surface area contributed by atoms with Crippen molar-refractivity contribution in [2.75, 3.05) is 19.8 Å². The van der Waals surface area contributed by atoms with E-state index in [0.29, 0.717) is 43.7 Å². The maximum absolute atomic E-state index is 13.8. The van der Waals surface area contributed by atoms with Crippen molar-refractivity contribution in [2.45, 2.75) is 62.6 Å². The summed E-state index contributed by atoms with van der Waals surface area (Å²) < 4.78 is 46.7. The molecule has 4 rings (SSSR count). The van der Waals surface area contributed by atoms with Gasteiger partial charge in [-0.3, -0.25) is 9.59 Å². The zero-order chi connectivity index (χ0) is 30.0. The van der Waals surface area contributed by atoms with E-state index in [0.717, 1.165) is 18.4 Å². The second kappa shape index (κ2) is 15.0. The van der Waals surface area contributed by atoms with E-state index in [4.69, 9.17) is 4.74 Å². The molecule has 0 saturated heterocycles. The van der Waals surface area contributed by atoms with Crippen LogP contribution in [0.3, 0.4) is 0 Å². The second-order valence-electron chi connectivity index (χ2n) is 10.3. The van der Waals surface area contributed by atoms with Gasteiger partial charge in [0.05, 0.1) is 4.90 Å². The molecule has 1 aliphatic carbocycles. The lowest BCUT2D eigenvalue weighted by Gasteiger charge is -2.32. The molecule has 0 spiro atoms.